The van der Waals surface area contributed by atoms with Gasteiger partial charge in [-0.25, -0.2) is 8.42 Å². The molecule has 0 unspecified atom stereocenters. The van der Waals surface area contributed by atoms with E-state index in [0.29, 0.717) is 18.7 Å². The topological polar surface area (TPSA) is 86.2 Å². The van der Waals surface area contributed by atoms with Gasteiger partial charge >= 0.3 is 0 Å². The Balaban J connectivity index is 2.13. The normalized spacial score (nSPS) is 22.3. The van der Waals surface area contributed by atoms with Gasteiger partial charge in [0.2, 0.25) is 5.88 Å². The molecule has 2 heterocycles. The van der Waals surface area contributed by atoms with E-state index in [1.165, 1.54) is 0 Å². The molecule has 2 N–H and O–H groups in total. The molecular weight excluding hydrogens is 204 g/mol. The third-order valence-electron chi connectivity index (χ3n) is 2.62. The minimum Gasteiger partial charge on any atom is -0.367 e. The Hall–Kier alpha value is -1.04. The number of hydrogen-bond acceptors (Lipinski definition) is 5. The van der Waals surface area contributed by atoms with Crippen LogP contribution in [0.1, 0.15) is 24.3 Å². The van der Waals surface area contributed by atoms with Crippen molar-refractivity contribution in [3.05, 3.63) is 11.8 Å². The van der Waals surface area contributed by atoms with Crippen LogP contribution >= 0.6 is 0 Å². The Labute approximate surface area is 82.2 Å². The van der Waals surface area contributed by atoms with E-state index >= 15 is 0 Å². The van der Waals surface area contributed by atoms with E-state index < -0.39 is 9.84 Å². The molecule has 78 valence electrons. The molecule has 6 heteroatoms. The molecule has 0 atom stereocenters. The SMILES string of the molecule is Nc1oncc1C1CCS(=O)(=O)CC1. The highest BCUT2D eigenvalue weighted by molar-refractivity contribution is 7.91. The smallest absolute Gasteiger partial charge is 0.225 e. The lowest BCUT2D eigenvalue weighted by Crippen LogP contribution is -2.22. The number of nitrogens with zero attached hydrogens (tertiary/aromatic N) is 1. The van der Waals surface area contributed by atoms with Crippen molar-refractivity contribution in [3.63, 3.8) is 0 Å². The zero-order chi connectivity index (χ0) is 10.2. The number of rotatable bonds is 1. The molecule has 1 aromatic rings. The monoisotopic (exact) mass is 216 g/mol. The van der Waals surface area contributed by atoms with Gasteiger partial charge in [0.25, 0.3) is 0 Å². The zero-order valence-electron chi connectivity index (χ0n) is 7.64. The summed E-state index contributed by atoms with van der Waals surface area (Å²) >= 11 is 0. The first-order chi connectivity index (χ1) is 6.58. The molecule has 14 heavy (non-hydrogen) atoms. The maximum atomic E-state index is 11.2. The Morgan fingerprint density at radius 3 is 2.57 bits per heavy atom. The fourth-order valence-electron chi connectivity index (χ4n) is 1.76. The zero-order valence-corrected chi connectivity index (χ0v) is 8.46. The summed E-state index contributed by atoms with van der Waals surface area (Å²) in [7, 11) is -2.81. The molecule has 0 spiro atoms. The number of nitrogens with two attached hydrogens (primary N) is 1. The van der Waals surface area contributed by atoms with Crippen LogP contribution in [-0.2, 0) is 9.84 Å². The summed E-state index contributed by atoms with van der Waals surface area (Å²) in [6.07, 6.45) is 2.82. The fraction of sp³-hybridized carbons (Fsp3) is 0.625. The standard InChI is InChI=1S/C8H12N2O3S/c9-8-7(5-10-13-8)6-1-3-14(11,12)4-2-6/h5-6H,1-4,9H2. The van der Waals surface area contributed by atoms with E-state index in [1.54, 1.807) is 6.20 Å². The van der Waals surface area contributed by atoms with Crippen LogP contribution in [-0.4, -0.2) is 25.1 Å². The van der Waals surface area contributed by atoms with Crippen LogP contribution in [0.3, 0.4) is 0 Å². The Morgan fingerprint density at radius 1 is 1.43 bits per heavy atom. The molecule has 0 saturated carbocycles. The van der Waals surface area contributed by atoms with Gasteiger partial charge < -0.3 is 10.3 Å². The van der Waals surface area contributed by atoms with Crippen LogP contribution < -0.4 is 5.73 Å². The van der Waals surface area contributed by atoms with E-state index in [-0.39, 0.29) is 17.4 Å². The molecule has 1 aromatic heterocycles. The van der Waals surface area contributed by atoms with Gasteiger partial charge in [0, 0.05) is 5.56 Å². The average molecular weight is 216 g/mol. The lowest BCUT2D eigenvalue weighted by molar-refractivity contribution is 0.435. The van der Waals surface area contributed by atoms with E-state index in [2.05, 4.69) is 5.16 Å². The highest BCUT2D eigenvalue weighted by atomic mass is 32.2. The number of anilines is 1. The van der Waals surface area contributed by atoms with Gasteiger partial charge in [-0.15, -0.1) is 0 Å². The van der Waals surface area contributed by atoms with Crippen molar-refractivity contribution in [1.29, 1.82) is 0 Å². The van der Waals surface area contributed by atoms with Gasteiger partial charge in [-0.1, -0.05) is 5.16 Å². The van der Waals surface area contributed by atoms with Crippen molar-refractivity contribution < 1.29 is 12.9 Å². The van der Waals surface area contributed by atoms with Gasteiger partial charge in [0.15, 0.2) is 0 Å². The Morgan fingerprint density at radius 2 is 2.07 bits per heavy atom. The number of sulfone groups is 1. The number of aromatic nitrogens is 1. The molecule has 0 amide bonds. The van der Waals surface area contributed by atoms with Crippen LogP contribution in [0.2, 0.25) is 0 Å². The highest BCUT2D eigenvalue weighted by Crippen LogP contribution is 2.32. The summed E-state index contributed by atoms with van der Waals surface area (Å²) in [6, 6.07) is 0. The molecule has 1 fully saturated rings. The van der Waals surface area contributed by atoms with E-state index in [4.69, 9.17) is 10.3 Å². The molecule has 0 radical (unpaired) electrons. The Kier molecular flexibility index (Phi) is 2.22. The minimum absolute atomic E-state index is 0.185. The third kappa shape index (κ3) is 1.75. The first kappa shape index (κ1) is 9.51. The molecule has 0 aliphatic carbocycles. The summed E-state index contributed by atoms with van der Waals surface area (Å²) in [5, 5.41) is 3.58. The quantitative estimate of drug-likeness (QED) is 0.740. The molecule has 0 aromatic carbocycles. The average Bonchev–Trinajstić information content (AvgIpc) is 2.52. The molecular formula is C8H12N2O3S. The van der Waals surface area contributed by atoms with Crippen LogP contribution in [0.4, 0.5) is 5.88 Å². The lowest BCUT2D eigenvalue weighted by Gasteiger charge is -2.20. The molecule has 5 nitrogen and oxygen atoms in total. The van der Waals surface area contributed by atoms with Crippen molar-refractivity contribution in [1.82, 2.24) is 5.16 Å². The minimum atomic E-state index is -2.81. The summed E-state index contributed by atoms with van der Waals surface area (Å²) in [6.45, 7) is 0. The molecule has 1 saturated heterocycles. The maximum absolute atomic E-state index is 11.2. The molecule has 1 aliphatic heterocycles. The van der Waals surface area contributed by atoms with E-state index in [0.717, 1.165) is 5.56 Å². The maximum Gasteiger partial charge on any atom is 0.225 e. The lowest BCUT2D eigenvalue weighted by atomic mass is 9.96. The second kappa shape index (κ2) is 3.27. The Bertz CT molecular complexity index is 410. The third-order valence-corrected chi connectivity index (χ3v) is 4.34. The van der Waals surface area contributed by atoms with Gasteiger partial charge in [0.1, 0.15) is 9.84 Å². The van der Waals surface area contributed by atoms with Crippen molar-refractivity contribution in [2.75, 3.05) is 17.2 Å². The first-order valence-electron chi connectivity index (χ1n) is 4.49. The van der Waals surface area contributed by atoms with Crippen LogP contribution in [0.5, 0.6) is 0 Å². The second-order valence-electron chi connectivity index (χ2n) is 3.57. The predicted molar refractivity (Wildman–Crippen MR) is 51.5 cm³/mol. The predicted octanol–water partition coefficient (Wildman–Crippen LogP) is 0.549. The van der Waals surface area contributed by atoms with Crippen molar-refractivity contribution in [2.24, 2.45) is 0 Å². The van der Waals surface area contributed by atoms with Crippen LogP contribution in [0.15, 0.2) is 10.7 Å². The second-order valence-corrected chi connectivity index (χ2v) is 5.88. The summed E-state index contributed by atoms with van der Waals surface area (Å²) in [5.41, 5.74) is 6.41. The largest absolute Gasteiger partial charge is 0.367 e. The van der Waals surface area contributed by atoms with Crippen LogP contribution in [0, 0.1) is 0 Å². The summed E-state index contributed by atoms with van der Waals surface area (Å²) < 4.78 is 27.1. The van der Waals surface area contributed by atoms with E-state index in [9.17, 15) is 8.42 Å². The van der Waals surface area contributed by atoms with Crippen molar-refractivity contribution in [2.45, 2.75) is 18.8 Å². The fourth-order valence-corrected chi connectivity index (χ4v) is 3.26. The number of nitrogen functional groups attached to an aromatic ring is 1. The van der Waals surface area contributed by atoms with Gasteiger partial charge in [-0.2, -0.15) is 0 Å². The molecule has 2 rings (SSSR count). The van der Waals surface area contributed by atoms with Gasteiger partial charge in [-0.05, 0) is 18.8 Å². The first-order valence-corrected chi connectivity index (χ1v) is 6.31. The van der Waals surface area contributed by atoms with Gasteiger partial charge in [0.05, 0.1) is 17.7 Å². The number of hydrogen-bond donors (Lipinski definition) is 1. The van der Waals surface area contributed by atoms with Crippen LogP contribution in [0.25, 0.3) is 0 Å². The van der Waals surface area contributed by atoms with Crippen molar-refractivity contribution in [3.8, 4) is 0 Å². The molecule has 1 aliphatic rings. The summed E-state index contributed by atoms with van der Waals surface area (Å²) in [4.78, 5) is 0. The van der Waals surface area contributed by atoms with E-state index in [1.807, 2.05) is 0 Å². The van der Waals surface area contributed by atoms with Crippen molar-refractivity contribution >= 4 is 15.7 Å². The van der Waals surface area contributed by atoms with Gasteiger partial charge in [-0.3, -0.25) is 0 Å². The summed E-state index contributed by atoms with van der Waals surface area (Å²) in [5.74, 6) is 0.976. The highest BCUT2D eigenvalue weighted by Gasteiger charge is 2.27. The molecule has 0 bridgehead atoms.